The summed E-state index contributed by atoms with van der Waals surface area (Å²) >= 11 is 0. The molecule has 0 fully saturated rings. The average molecular weight is 912 g/mol. The van der Waals surface area contributed by atoms with Crippen molar-refractivity contribution in [3.8, 4) is 0 Å². The number of quaternary nitrogens is 1. The number of phosphoric acid groups is 1. The van der Waals surface area contributed by atoms with Crippen LogP contribution < -0.4 is 5.32 Å². The number of likely N-dealkylation sites (N-methyl/N-ethyl adjacent to an activating group) is 1. The molecule has 0 aliphatic rings. The standard InChI is InChI=1S/C53H103N2O7P/c1-7-10-13-16-19-22-25-27-30-33-36-39-42-45-52(56)54-50(49-61-63(58,59)60-48-47-55(4,5)6)51(44-41-38-35-32-29-24-21-18-15-12-9-3)62-53(57)46-43-40-37-34-31-28-26-23-20-17-14-11-8-2/h28,31,41,44,50-51H,7-27,29-30,32-40,42-43,45-49H2,1-6H3,(H-,54,56,58,59)/p+1/b31-28-,44-41+. The normalized spacial score (nSPS) is 14.1. The zero-order valence-corrected chi connectivity index (χ0v) is 43.2. The minimum absolute atomic E-state index is 0.0410. The Kier molecular flexibility index (Phi) is 43.3. The Morgan fingerprint density at radius 2 is 0.921 bits per heavy atom. The first-order chi connectivity index (χ1) is 30.4. The van der Waals surface area contributed by atoms with Crippen LogP contribution in [-0.4, -0.2) is 74.3 Å². The number of hydrogen-bond acceptors (Lipinski definition) is 6. The van der Waals surface area contributed by atoms with Gasteiger partial charge >= 0.3 is 13.8 Å². The highest BCUT2D eigenvalue weighted by atomic mass is 31.2. The minimum atomic E-state index is -4.43. The van der Waals surface area contributed by atoms with E-state index in [1.165, 1.54) is 148 Å². The second-order valence-corrected chi connectivity index (χ2v) is 20.9. The number of nitrogens with one attached hydrogen (secondary N) is 1. The van der Waals surface area contributed by atoms with Crippen LogP contribution in [0.1, 0.15) is 252 Å². The Labute approximate surface area is 390 Å². The van der Waals surface area contributed by atoms with Crippen molar-refractivity contribution in [3.05, 3.63) is 24.3 Å². The Morgan fingerprint density at radius 3 is 1.37 bits per heavy atom. The van der Waals surface area contributed by atoms with Crippen LogP contribution in [-0.2, 0) is 27.9 Å². The van der Waals surface area contributed by atoms with Crippen molar-refractivity contribution in [2.24, 2.45) is 0 Å². The topological polar surface area (TPSA) is 111 Å². The molecule has 0 aliphatic carbocycles. The van der Waals surface area contributed by atoms with Crippen molar-refractivity contribution in [1.82, 2.24) is 5.32 Å². The number of amides is 1. The molecule has 0 aromatic carbocycles. The number of unbranched alkanes of at least 4 members (excludes halogenated alkanes) is 30. The smallest absolute Gasteiger partial charge is 0.456 e. The van der Waals surface area contributed by atoms with Crippen molar-refractivity contribution < 1.29 is 37.3 Å². The molecule has 0 aromatic rings. The second-order valence-electron chi connectivity index (χ2n) is 19.4. The van der Waals surface area contributed by atoms with E-state index in [2.05, 4.69) is 38.2 Å². The highest BCUT2D eigenvalue weighted by molar-refractivity contribution is 7.47. The summed E-state index contributed by atoms with van der Waals surface area (Å²) in [4.78, 5) is 37.4. The monoisotopic (exact) mass is 912 g/mol. The van der Waals surface area contributed by atoms with Crippen LogP contribution in [0.15, 0.2) is 24.3 Å². The van der Waals surface area contributed by atoms with Gasteiger partial charge in [0, 0.05) is 12.8 Å². The molecule has 0 aliphatic heterocycles. The number of phosphoric ester groups is 1. The van der Waals surface area contributed by atoms with E-state index < -0.39 is 20.0 Å². The van der Waals surface area contributed by atoms with Crippen molar-refractivity contribution in [2.45, 2.75) is 264 Å². The van der Waals surface area contributed by atoms with E-state index in [9.17, 15) is 19.0 Å². The minimum Gasteiger partial charge on any atom is -0.456 e. The van der Waals surface area contributed by atoms with Crippen LogP contribution in [0.25, 0.3) is 0 Å². The first-order valence-electron chi connectivity index (χ1n) is 26.7. The number of rotatable bonds is 48. The summed E-state index contributed by atoms with van der Waals surface area (Å²) < 4.78 is 30.5. The maximum absolute atomic E-state index is 13.4. The quantitative estimate of drug-likeness (QED) is 0.0206. The maximum atomic E-state index is 13.4. The molecular weight excluding hydrogens is 808 g/mol. The lowest BCUT2D eigenvalue weighted by Gasteiger charge is -2.27. The van der Waals surface area contributed by atoms with Crippen LogP contribution in [0.4, 0.5) is 0 Å². The van der Waals surface area contributed by atoms with E-state index in [4.69, 9.17) is 13.8 Å². The number of carbonyl (C=O) groups is 2. The number of esters is 1. The van der Waals surface area contributed by atoms with E-state index in [-0.39, 0.29) is 31.5 Å². The lowest BCUT2D eigenvalue weighted by molar-refractivity contribution is -0.870. The predicted molar refractivity (Wildman–Crippen MR) is 268 cm³/mol. The van der Waals surface area contributed by atoms with Crippen molar-refractivity contribution in [2.75, 3.05) is 40.9 Å². The maximum Gasteiger partial charge on any atom is 0.472 e. The van der Waals surface area contributed by atoms with Gasteiger partial charge < -0.3 is 19.4 Å². The van der Waals surface area contributed by atoms with Gasteiger partial charge in [-0.25, -0.2) is 4.57 Å². The molecule has 0 saturated heterocycles. The van der Waals surface area contributed by atoms with Gasteiger partial charge in [-0.15, -0.1) is 0 Å². The van der Waals surface area contributed by atoms with Crippen LogP contribution in [0.3, 0.4) is 0 Å². The van der Waals surface area contributed by atoms with E-state index in [1.54, 1.807) is 0 Å². The van der Waals surface area contributed by atoms with Crippen LogP contribution in [0.2, 0.25) is 0 Å². The van der Waals surface area contributed by atoms with Gasteiger partial charge in [0.1, 0.15) is 19.3 Å². The number of hydrogen-bond donors (Lipinski definition) is 2. The van der Waals surface area contributed by atoms with E-state index in [1.807, 2.05) is 33.3 Å². The fourth-order valence-corrected chi connectivity index (χ4v) is 8.43. The van der Waals surface area contributed by atoms with Crippen molar-refractivity contribution >= 4 is 19.7 Å². The van der Waals surface area contributed by atoms with E-state index in [0.29, 0.717) is 17.4 Å². The Balaban J connectivity index is 5.41. The molecule has 0 heterocycles. The molecule has 9 nitrogen and oxygen atoms in total. The molecule has 2 N–H and O–H groups in total. The molecule has 0 aromatic heterocycles. The third kappa shape index (κ3) is 45.4. The largest absolute Gasteiger partial charge is 0.472 e. The molecule has 0 bridgehead atoms. The summed E-state index contributed by atoms with van der Waals surface area (Å²) in [6.07, 6.45) is 48.8. The number of carbonyl (C=O) groups excluding carboxylic acids is 2. The first kappa shape index (κ1) is 61.5. The second kappa shape index (κ2) is 44.3. The van der Waals surface area contributed by atoms with Gasteiger partial charge in [-0.2, -0.15) is 0 Å². The first-order valence-corrected chi connectivity index (χ1v) is 28.2. The summed E-state index contributed by atoms with van der Waals surface area (Å²) in [6.45, 7) is 6.99. The number of ether oxygens (including phenoxy) is 1. The zero-order chi connectivity index (χ0) is 46.5. The Bertz CT molecular complexity index is 1140. The van der Waals surface area contributed by atoms with Gasteiger partial charge in [0.2, 0.25) is 5.91 Å². The van der Waals surface area contributed by atoms with Gasteiger partial charge in [0.25, 0.3) is 0 Å². The predicted octanol–water partition coefficient (Wildman–Crippen LogP) is 15.4. The highest BCUT2D eigenvalue weighted by Crippen LogP contribution is 2.43. The Hall–Kier alpha value is -1.51. The average Bonchev–Trinajstić information content (AvgIpc) is 3.23. The molecule has 0 spiro atoms. The van der Waals surface area contributed by atoms with Crippen molar-refractivity contribution in [1.29, 1.82) is 0 Å². The molecule has 3 unspecified atom stereocenters. The summed E-state index contributed by atoms with van der Waals surface area (Å²) in [5.74, 6) is -0.517. The molecule has 10 heteroatoms. The molecule has 0 rings (SSSR count). The van der Waals surface area contributed by atoms with E-state index >= 15 is 0 Å². The SMILES string of the molecule is CCCCCCCC/C=C\CCCCCC(=O)OC(/C=C/CCCCCCCCCCC)C(COP(=O)(O)OCC[N+](C)(C)C)NC(=O)CCCCCCCCCCCCCCC. The summed E-state index contributed by atoms with van der Waals surface area (Å²) in [7, 11) is 1.50. The van der Waals surface area contributed by atoms with Gasteiger partial charge in [-0.1, -0.05) is 206 Å². The van der Waals surface area contributed by atoms with Crippen LogP contribution >= 0.6 is 7.82 Å². The third-order valence-corrected chi connectivity index (χ3v) is 12.9. The fraction of sp³-hybridized carbons (Fsp3) is 0.887. The number of allylic oxidation sites excluding steroid dienone is 3. The summed E-state index contributed by atoms with van der Waals surface area (Å²) in [6, 6.07) is -0.845. The number of nitrogens with zero attached hydrogens (tertiary/aromatic N) is 1. The van der Waals surface area contributed by atoms with Gasteiger partial charge in [-0.05, 0) is 57.4 Å². The molecule has 372 valence electrons. The zero-order valence-electron chi connectivity index (χ0n) is 42.3. The molecule has 3 atom stereocenters. The van der Waals surface area contributed by atoms with Gasteiger partial charge in [-0.3, -0.25) is 18.6 Å². The lowest BCUT2D eigenvalue weighted by Crippen LogP contribution is -2.47. The van der Waals surface area contributed by atoms with Crippen LogP contribution in [0, 0.1) is 0 Å². The highest BCUT2D eigenvalue weighted by Gasteiger charge is 2.30. The van der Waals surface area contributed by atoms with Crippen LogP contribution in [0.5, 0.6) is 0 Å². The molecule has 1 amide bonds. The Morgan fingerprint density at radius 1 is 0.540 bits per heavy atom. The van der Waals surface area contributed by atoms with Crippen molar-refractivity contribution in [3.63, 3.8) is 0 Å². The summed E-state index contributed by atoms with van der Waals surface area (Å²) in [5, 5.41) is 3.04. The molecule has 0 saturated carbocycles. The lowest BCUT2D eigenvalue weighted by atomic mass is 10.0. The summed E-state index contributed by atoms with van der Waals surface area (Å²) in [5.41, 5.74) is 0. The molecule has 0 radical (unpaired) electrons. The molecule has 63 heavy (non-hydrogen) atoms. The van der Waals surface area contributed by atoms with E-state index in [0.717, 1.165) is 70.6 Å². The third-order valence-electron chi connectivity index (χ3n) is 11.9. The van der Waals surface area contributed by atoms with Gasteiger partial charge in [0.15, 0.2) is 0 Å². The molecular formula is C53H104N2O7P+. The van der Waals surface area contributed by atoms with Gasteiger partial charge in [0.05, 0.1) is 33.8 Å². The fourth-order valence-electron chi connectivity index (χ4n) is 7.70.